The minimum Gasteiger partial charge on any atom is -0.200 e. The molecule has 0 saturated carbocycles. The molecule has 0 atom stereocenters. The van der Waals surface area contributed by atoms with Crippen molar-refractivity contribution in [1.82, 2.24) is 0 Å². The van der Waals surface area contributed by atoms with Crippen molar-refractivity contribution in [1.29, 1.82) is 0 Å². The molecule has 2 aromatic rings. The Morgan fingerprint density at radius 1 is 0.583 bits per heavy atom. The molecule has 0 bridgehead atoms. The lowest BCUT2D eigenvalue weighted by molar-refractivity contribution is -0.709. The molecule has 2 nitrogen and oxygen atoms in total. The number of hydrogen-bond acceptors (Lipinski definition) is 0. The molecule has 2 aromatic heterocycles. The highest BCUT2D eigenvalue weighted by atomic mass is 15.0. The molecule has 0 spiro atoms. The molecule has 0 radical (unpaired) electrons. The maximum Gasteiger partial charge on any atom is 0.179 e. The summed E-state index contributed by atoms with van der Waals surface area (Å²) in [5.74, 6) is 0. The van der Waals surface area contributed by atoms with Crippen LogP contribution in [0.5, 0.6) is 0 Å². The van der Waals surface area contributed by atoms with E-state index in [0.717, 1.165) is 13.1 Å². The van der Waals surface area contributed by atoms with E-state index in [2.05, 4.69) is 74.9 Å². The van der Waals surface area contributed by atoms with Crippen molar-refractivity contribution < 1.29 is 9.13 Å². The Morgan fingerprint density at radius 3 is 1.12 bits per heavy atom. The average Bonchev–Trinajstić information content (AvgIpc) is 2.53. The normalized spacial score (nSPS) is 11.1. The first-order chi connectivity index (χ1) is 11.5. The van der Waals surface area contributed by atoms with Crippen LogP contribution in [0.2, 0.25) is 0 Å². The Bertz CT molecular complexity index is 594. The molecule has 130 valence electrons. The molecule has 2 heteroatoms. The standard InChI is InChI=1S/C22H34N2/c1-7-9-11-23-17(3)13-21(14-18(23)4)22-15-19(5)24(12-10-8-2)20(6)16-22/h13-16H,7-12H2,1-6H3/q+2. The summed E-state index contributed by atoms with van der Waals surface area (Å²) in [5.41, 5.74) is 8.11. The Labute approximate surface area is 148 Å². The highest BCUT2D eigenvalue weighted by Gasteiger charge is 2.17. The number of hydrogen-bond donors (Lipinski definition) is 0. The first kappa shape index (κ1) is 18.6. The molecule has 2 heterocycles. The summed E-state index contributed by atoms with van der Waals surface area (Å²) >= 11 is 0. The summed E-state index contributed by atoms with van der Waals surface area (Å²) in [6.07, 6.45) is 4.96. The largest absolute Gasteiger partial charge is 0.200 e. The molecule has 0 aliphatic heterocycles. The highest BCUT2D eigenvalue weighted by Crippen LogP contribution is 2.21. The van der Waals surface area contributed by atoms with E-state index in [4.69, 9.17) is 0 Å². The lowest BCUT2D eigenvalue weighted by Gasteiger charge is -2.10. The van der Waals surface area contributed by atoms with E-state index in [-0.39, 0.29) is 0 Å². The lowest BCUT2D eigenvalue weighted by atomic mass is 10.0. The van der Waals surface area contributed by atoms with E-state index in [9.17, 15) is 0 Å². The second-order valence-electron chi connectivity index (χ2n) is 7.06. The van der Waals surface area contributed by atoms with Crippen molar-refractivity contribution >= 4 is 0 Å². The summed E-state index contributed by atoms with van der Waals surface area (Å²) < 4.78 is 4.88. The fourth-order valence-electron chi connectivity index (χ4n) is 3.52. The minimum atomic E-state index is 1.12. The van der Waals surface area contributed by atoms with Gasteiger partial charge in [0.1, 0.15) is 13.1 Å². The van der Waals surface area contributed by atoms with Crippen molar-refractivity contribution in [3.05, 3.63) is 47.0 Å². The summed E-state index contributed by atoms with van der Waals surface area (Å²) in [7, 11) is 0. The van der Waals surface area contributed by atoms with Crippen LogP contribution in [0.15, 0.2) is 24.3 Å². The van der Waals surface area contributed by atoms with Gasteiger partial charge >= 0.3 is 0 Å². The number of rotatable bonds is 7. The van der Waals surface area contributed by atoms with Crippen LogP contribution in [0.3, 0.4) is 0 Å². The van der Waals surface area contributed by atoms with Crippen LogP contribution in [0.25, 0.3) is 11.1 Å². The van der Waals surface area contributed by atoms with Crippen LogP contribution in [-0.2, 0) is 13.1 Å². The highest BCUT2D eigenvalue weighted by molar-refractivity contribution is 5.63. The van der Waals surface area contributed by atoms with Gasteiger partial charge in [-0.1, -0.05) is 26.7 Å². The second kappa shape index (κ2) is 8.41. The Hall–Kier alpha value is -1.70. The van der Waals surface area contributed by atoms with Crippen LogP contribution in [-0.4, -0.2) is 0 Å². The van der Waals surface area contributed by atoms with Crippen LogP contribution in [0.4, 0.5) is 0 Å². The van der Waals surface area contributed by atoms with Gasteiger partial charge in [0.15, 0.2) is 22.8 Å². The third-order valence-electron chi connectivity index (χ3n) is 4.96. The summed E-state index contributed by atoms with van der Waals surface area (Å²) in [6, 6.07) is 9.36. The van der Waals surface area contributed by atoms with Gasteiger partial charge in [0.05, 0.1) is 0 Å². The average molecular weight is 327 g/mol. The monoisotopic (exact) mass is 326 g/mol. The molecular formula is C22H34N2+2. The lowest BCUT2D eigenvalue weighted by Crippen LogP contribution is -2.41. The first-order valence-corrected chi connectivity index (χ1v) is 9.50. The molecule has 0 N–H and O–H groups in total. The number of aryl methyl sites for hydroxylation is 4. The van der Waals surface area contributed by atoms with Gasteiger partial charge in [0, 0.05) is 64.8 Å². The van der Waals surface area contributed by atoms with Gasteiger partial charge < -0.3 is 0 Å². The van der Waals surface area contributed by atoms with Gasteiger partial charge in [-0.25, -0.2) is 9.13 Å². The molecule has 0 amide bonds. The van der Waals surface area contributed by atoms with E-state index >= 15 is 0 Å². The van der Waals surface area contributed by atoms with E-state index in [1.165, 1.54) is 59.6 Å². The zero-order valence-electron chi connectivity index (χ0n) is 16.4. The van der Waals surface area contributed by atoms with E-state index < -0.39 is 0 Å². The Balaban J connectivity index is 2.38. The van der Waals surface area contributed by atoms with Gasteiger partial charge in [-0.05, 0) is 11.1 Å². The summed E-state index contributed by atoms with van der Waals surface area (Å²) in [4.78, 5) is 0. The molecule has 0 fully saturated rings. The van der Waals surface area contributed by atoms with E-state index in [0.29, 0.717) is 0 Å². The number of unbranched alkanes of at least 4 members (excludes halogenated alkanes) is 2. The molecule has 0 unspecified atom stereocenters. The number of nitrogens with zero attached hydrogens (tertiary/aromatic N) is 2. The predicted octanol–water partition coefficient (Wildman–Crippen LogP) is 4.76. The summed E-state index contributed by atoms with van der Waals surface area (Å²) in [6.45, 7) is 15.7. The van der Waals surface area contributed by atoms with E-state index in [1.807, 2.05) is 0 Å². The topological polar surface area (TPSA) is 7.76 Å². The van der Waals surface area contributed by atoms with Crippen LogP contribution >= 0.6 is 0 Å². The molecular weight excluding hydrogens is 292 g/mol. The molecule has 2 rings (SSSR count). The van der Waals surface area contributed by atoms with Crippen LogP contribution in [0, 0.1) is 27.7 Å². The zero-order valence-corrected chi connectivity index (χ0v) is 16.4. The molecule has 0 saturated heterocycles. The quantitative estimate of drug-likeness (QED) is 0.648. The molecule has 0 aromatic carbocycles. The van der Waals surface area contributed by atoms with Crippen molar-refractivity contribution in [2.45, 2.75) is 80.3 Å². The van der Waals surface area contributed by atoms with Gasteiger partial charge in [-0.2, -0.15) is 0 Å². The fourth-order valence-corrected chi connectivity index (χ4v) is 3.52. The van der Waals surface area contributed by atoms with Gasteiger partial charge in [0.25, 0.3) is 0 Å². The molecule has 0 aliphatic rings. The van der Waals surface area contributed by atoms with Crippen molar-refractivity contribution in [3.63, 3.8) is 0 Å². The molecule has 0 aliphatic carbocycles. The number of aromatic nitrogens is 2. The zero-order chi connectivity index (χ0) is 17.7. The first-order valence-electron chi connectivity index (χ1n) is 9.50. The summed E-state index contributed by atoms with van der Waals surface area (Å²) in [5, 5.41) is 0. The van der Waals surface area contributed by atoms with E-state index in [1.54, 1.807) is 0 Å². The third kappa shape index (κ3) is 4.23. The number of pyridine rings is 2. The van der Waals surface area contributed by atoms with Crippen LogP contribution < -0.4 is 9.13 Å². The molecule has 24 heavy (non-hydrogen) atoms. The Kier molecular flexibility index (Phi) is 6.53. The minimum absolute atomic E-state index is 1.12. The van der Waals surface area contributed by atoms with Crippen molar-refractivity contribution in [3.8, 4) is 11.1 Å². The Morgan fingerprint density at radius 2 is 0.875 bits per heavy atom. The van der Waals surface area contributed by atoms with Gasteiger partial charge in [0.2, 0.25) is 0 Å². The third-order valence-corrected chi connectivity index (χ3v) is 4.96. The predicted molar refractivity (Wildman–Crippen MR) is 101 cm³/mol. The maximum atomic E-state index is 2.44. The van der Waals surface area contributed by atoms with Crippen molar-refractivity contribution in [2.75, 3.05) is 0 Å². The maximum absolute atomic E-state index is 2.44. The second-order valence-corrected chi connectivity index (χ2v) is 7.06. The van der Waals surface area contributed by atoms with Gasteiger partial charge in [-0.15, -0.1) is 0 Å². The smallest absolute Gasteiger partial charge is 0.179 e. The fraction of sp³-hybridized carbons (Fsp3) is 0.545. The van der Waals surface area contributed by atoms with Crippen molar-refractivity contribution in [2.24, 2.45) is 0 Å². The SMILES string of the molecule is CCCC[n+]1c(C)cc(-c2cc(C)[n+](CCCC)c(C)c2)cc1C. The van der Waals surface area contributed by atoms with Crippen LogP contribution in [0.1, 0.15) is 62.3 Å². The van der Waals surface area contributed by atoms with Gasteiger partial charge in [-0.3, -0.25) is 0 Å².